The molecule has 0 saturated carbocycles. The summed E-state index contributed by atoms with van der Waals surface area (Å²) in [6, 6.07) is 18.2. The van der Waals surface area contributed by atoms with Gasteiger partial charge in [0.25, 0.3) is 0 Å². The van der Waals surface area contributed by atoms with Crippen molar-refractivity contribution in [3.8, 4) is 17.1 Å². The van der Waals surface area contributed by atoms with Crippen LogP contribution in [0.2, 0.25) is 0 Å². The average molecular weight is 310 g/mol. The summed E-state index contributed by atoms with van der Waals surface area (Å²) in [6.07, 6.45) is 0. The molecule has 0 aliphatic heterocycles. The van der Waals surface area contributed by atoms with Crippen LogP contribution in [0.5, 0.6) is 0 Å². The minimum Gasteiger partial charge on any atom is -0.278 e. The van der Waals surface area contributed by atoms with Crippen molar-refractivity contribution >= 4 is 22.6 Å². The lowest BCUT2D eigenvalue weighted by molar-refractivity contribution is -0.509. The Morgan fingerprint density at radius 2 is 1.77 bits per heavy atom. The monoisotopic (exact) mass is 310 g/mol. The molecule has 1 heterocycles. The lowest BCUT2D eigenvalue weighted by atomic mass is 10.2. The van der Waals surface area contributed by atoms with E-state index in [1.54, 1.807) is 0 Å². The maximum absolute atomic E-state index is 11.3. The van der Waals surface area contributed by atoms with E-state index in [9.17, 15) is 4.79 Å². The molecular weight excluding hydrogens is 294 g/mol. The molecule has 0 fully saturated rings. The van der Waals surface area contributed by atoms with Crippen molar-refractivity contribution in [2.45, 2.75) is 13.8 Å². The summed E-state index contributed by atoms with van der Waals surface area (Å²) in [4.78, 5) is 15.9. The predicted molar refractivity (Wildman–Crippen MR) is 88.1 cm³/mol. The molecule has 0 radical (unpaired) electrons. The number of amides is 1. The summed E-state index contributed by atoms with van der Waals surface area (Å²) in [5.41, 5.74) is 3.24. The van der Waals surface area contributed by atoms with Crippen LogP contribution in [0.25, 0.3) is 17.1 Å². The fourth-order valence-electron chi connectivity index (χ4n) is 2.12. The number of nitrogens with zero attached hydrogens (tertiary/aromatic N) is 2. The molecule has 1 amide bonds. The maximum atomic E-state index is 11.3. The van der Waals surface area contributed by atoms with E-state index >= 15 is 0 Å². The zero-order chi connectivity index (χ0) is 15.5. The topological polar surface area (TPSA) is 45.9 Å². The van der Waals surface area contributed by atoms with Gasteiger partial charge < -0.3 is 0 Å². The molecule has 3 aromatic rings. The van der Waals surface area contributed by atoms with Gasteiger partial charge in [0, 0.05) is 6.92 Å². The number of aryl methyl sites for hydroxylation is 1. The zero-order valence-electron chi connectivity index (χ0n) is 12.4. The highest BCUT2D eigenvalue weighted by atomic mass is 32.1. The molecule has 1 aromatic heterocycles. The second kappa shape index (κ2) is 6.07. The molecule has 0 aliphatic rings. The van der Waals surface area contributed by atoms with Crippen LogP contribution < -0.4 is 9.27 Å². The Bertz CT molecular complexity index is 795. The van der Waals surface area contributed by atoms with Crippen LogP contribution in [0, 0.1) is 6.92 Å². The first-order valence-electron chi connectivity index (χ1n) is 6.97. The van der Waals surface area contributed by atoms with Gasteiger partial charge >= 0.3 is 11.0 Å². The lowest BCUT2D eigenvalue weighted by Gasteiger charge is -1.98. The van der Waals surface area contributed by atoms with Gasteiger partial charge in [-0.1, -0.05) is 35.9 Å². The standard InChI is InChI=1S/C17H15N3OS/c1-12-8-10-15(11-9-12)20-16(14-6-4-3-5-7-14)19-17(22-20)18-13(2)21/h3-11H,1-2H3/p+1. The van der Waals surface area contributed by atoms with Crippen molar-refractivity contribution in [1.82, 2.24) is 4.98 Å². The van der Waals surface area contributed by atoms with Gasteiger partial charge in [-0.25, -0.2) is 0 Å². The number of carbonyl (C=O) groups excluding carboxylic acids is 1. The van der Waals surface area contributed by atoms with Gasteiger partial charge in [0.1, 0.15) is 17.2 Å². The Labute approximate surface area is 133 Å². The summed E-state index contributed by atoms with van der Waals surface area (Å²) in [5, 5.41) is 3.35. The lowest BCUT2D eigenvalue weighted by Crippen LogP contribution is -2.27. The molecule has 4 nitrogen and oxygen atoms in total. The summed E-state index contributed by atoms with van der Waals surface area (Å²) in [5.74, 6) is 0.697. The molecule has 0 unspecified atom stereocenters. The van der Waals surface area contributed by atoms with Crippen molar-refractivity contribution in [3.05, 3.63) is 60.2 Å². The summed E-state index contributed by atoms with van der Waals surface area (Å²) >= 11 is 1.42. The number of rotatable bonds is 3. The van der Waals surface area contributed by atoms with Crippen molar-refractivity contribution in [3.63, 3.8) is 0 Å². The quantitative estimate of drug-likeness (QED) is 0.754. The fourth-order valence-corrected chi connectivity index (χ4v) is 3.07. The first kappa shape index (κ1) is 14.4. The molecule has 0 saturated heterocycles. The van der Waals surface area contributed by atoms with Crippen molar-refractivity contribution < 1.29 is 8.75 Å². The second-order valence-corrected chi connectivity index (χ2v) is 5.94. The molecule has 0 bridgehead atoms. The molecule has 0 atom stereocenters. The van der Waals surface area contributed by atoms with Crippen LogP contribution in [0.1, 0.15) is 12.5 Å². The molecule has 110 valence electrons. The Kier molecular flexibility index (Phi) is 3.98. The number of hydrogen-bond donors (Lipinski definition) is 1. The fraction of sp³-hybridized carbons (Fsp3) is 0.118. The zero-order valence-corrected chi connectivity index (χ0v) is 13.2. The largest absolute Gasteiger partial charge is 0.350 e. The Morgan fingerprint density at radius 3 is 2.41 bits per heavy atom. The third-order valence-corrected chi connectivity index (χ3v) is 4.09. The van der Waals surface area contributed by atoms with E-state index in [1.807, 2.05) is 34.3 Å². The van der Waals surface area contributed by atoms with Gasteiger partial charge in [0.15, 0.2) is 0 Å². The molecule has 2 aromatic carbocycles. The van der Waals surface area contributed by atoms with E-state index in [4.69, 9.17) is 0 Å². The van der Waals surface area contributed by atoms with E-state index in [1.165, 1.54) is 24.0 Å². The highest BCUT2D eigenvalue weighted by Gasteiger charge is 2.24. The van der Waals surface area contributed by atoms with Crippen molar-refractivity contribution in [2.75, 3.05) is 5.32 Å². The highest BCUT2D eigenvalue weighted by molar-refractivity contribution is 7.06. The maximum Gasteiger partial charge on any atom is 0.350 e. The molecule has 0 spiro atoms. The first-order chi connectivity index (χ1) is 10.6. The Morgan fingerprint density at radius 1 is 1.09 bits per heavy atom. The van der Waals surface area contributed by atoms with Crippen LogP contribution in [-0.2, 0) is 4.79 Å². The summed E-state index contributed by atoms with van der Waals surface area (Å²) < 4.78 is 2.03. The van der Waals surface area contributed by atoms with Gasteiger partial charge in [-0.05, 0) is 36.2 Å². The third-order valence-electron chi connectivity index (χ3n) is 3.16. The van der Waals surface area contributed by atoms with Crippen LogP contribution >= 0.6 is 11.5 Å². The number of nitrogens with one attached hydrogen (secondary N) is 1. The van der Waals surface area contributed by atoms with Gasteiger partial charge in [-0.3, -0.25) is 10.1 Å². The number of hydrogen-bond acceptors (Lipinski definition) is 3. The average Bonchev–Trinajstić information content (AvgIpc) is 2.92. The number of carbonyl (C=O) groups is 1. The third kappa shape index (κ3) is 3.04. The van der Waals surface area contributed by atoms with Gasteiger partial charge in [0.05, 0.1) is 5.56 Å². The minimum atomic E-state index is -0.121. The molecule has 1 N–H and O–H groups in total. The smallest absolute Gasteiger partial charge is 0.278 e. The molecule has 0 aliphatic carbocycles. The van der Waals surface area contributed by atoms with Gasteiger partial charge in [-0.15, -0.1) is 3.96 Å². The highest BCUT2D eigenvalue weighted by Crippen LogP contribution is 2.21. The Hall–Kier alpha value is -2.53. The van der Waals surface area contributed by atoms with E-state index in [0.717, 1.165) is 17.1 Å². The molecule has 22 heavy (non-hydrogen) atoms. The molecular formula is C17H16N3OS+. The normalized spacial score (nSPS) is 10.5. The van der Waals surface area contributed by atoms with Crippen LogP contribution in [0.15, 0.2) is 54.6 Å². The van der Waals surface area contributed by atoms with E-state index in [-0.39, 0.29) is 5.91 Å². The molecule has 5 heteroatoms. The van der Waals surface area contributed by atoms with E-state index in [0.29, 0.717) is 5.13 Å². The SMILES string of the molecule is CC(=O)Nc1nc(-c2ccccc2)[n+](-c2ccc(C)cc2)s1. The van der Waals surface area contributed by atoms with Crippen molar-refractivity contribution in [1.29, 1.82) is 0 Å². The number of benzene rings is 2. The Balaban J connectivity index is 2.12. The predicted octanol–water partition coefficient (Wildman–Crippen LogP) is 3.35. The summed E-state index contributed by atoms with van der Waals surface area (Å²) in [7, 11) is 0. The van der Waals surface area contributed by atoms with Gasteiger partial charge in [0.2, 0.25) is 5.91 Å². The van der Waals surface area contributed by atoms with Crippen LogP contribution in [0.4, 0.5) is 5.13 Å². The van der Waals surface area contributed by atoms with Crippen LogP contribution in [-0.4, -0.2) is 10.9 Å². The first-order valence-corrected chi connectivity index (χ1v) is 7.74. The van der Waals surface area contributed by atoms with Crippen molar-refractivity contribution in [2.24, 2.45) is 0 Å². The summed E-state index contributed by atoms with van der Waals surface area (Å²) in [6.45, 7) is 3.54. The van der Waals surface area contributed by atoms with E-state index < -0.39 is 0 Å². The minimum absolute atomic E-state index is 0.121. The molecule has 3 rings (SSSR count). The number of aromatic nitrogens is 2. The van der Waals surface area contributed by atoms with Gasteiger partial charge in [-0.2, -0.15) is 0 Å². The second-order valence-electron chi connectivity index (χ2n) is 5.01. The van der Waals surface area contributed by atoms with Crippen LogP contribution in [0.3, 0.4) is 0 Å². The van der Waals surface area contributed by atoms with E-state index in [2.05, 4.69) is 41.5 Å². The number of anilines is 1.